The Bertz CT molecular complexity index is 164. The van der Waals surface area contributed by atoms with Crippen molar-refractivity contribution in [2.24, 2.45) is 5.92 Å². The van der Waals surface area contributed by atoms with Crippen molar-refractivity contribution in [1.29, 1.82) is 0 Å². The van der Waals surface area contributed by atoms with Gasteiger partial charge in [-0.3, -0.25) is 0 Å². The van der Waals surface area contributed by atoms with E-state index in [1.54, 1.807) is 0 Å². The van der Waals surface area contributed by atoms with Crippen LogP contribution < -0.4 is 0 Å². The second-order valence-corrected chi connectivity index (χ2v) is 4.76. The standard InChI is InChI=1S/C13H26O2/c1-4-7-8-12(5-2)9-14-10-13(6-3)11-15-13/h12H,4-11H2,1-3H3. The quantitative estimate of drug-likeness (QED) is 0.549. The molecule has 0 aromatic heterocycles. The molecule has 2 unspecified atom stereocenters. The van der Waals surface area contributed by atoms with Gasteiger partial charge in [0.25, 0.3) is 0 Å². The summed E-state index contributed by atoms with van der Waals surface area (Å²) in [6.45, 7) is 9.29. The second kappa shape index (κ2) is 6.49. The fourth-order valence-electron chi connectivity index (χ4n) is 1.80. The average Bonchev–Trinajstić information content (AvgIpc) is 3.04. The predicted octanol–water partition coefficient (Wildman–Crippen LogP) is 3.40. The van der Waals surface area contributed by atoms with E-state index in [2.05, 4.69) is 20.8 Å². The van der Waals surface area contributed by atoms with Gasteiger partial charge in [0.2, 0.25) is 0 Å². The fraction of sp³-hybridized carbons (Fsp3) is 1.00. The van der Waals surface area contributed by atoms with Gasteiger partial charge in [0.05, 0.1) is 13.2 Å². The summed E-state index contributed by atoms with van der Waals surface area (Å²) < 4.78 is 11.2. The molecule has 2 nitrogen and oxygen atoms in total. The van der Waals surface area contributed by atoms with Crippen molar-refractivity contribution >= 4 is 0 Å². The maximum absolute atomic E-state index is 5.78. The zero-order chi connectivity index (χ0) is 11.1. The third kappa shape index (κ3) is 4.52. The molecule has 15 heavy (non-hydrogen) atoms. The van der Waals surface area contributed by atoms with Gasteiger partial charge in [-0.1, -0.05) is 40.0 Å². The van der Waals surface area contributed by atoms with Gasteiger partial charge in [-0.05, 0) is 18.8 Å². The van der Waals surface area contributed by atoms with Crippen molar-refractivity contribution in [3.05, 3.63) is 0 Å². The Morgan fingerprint density at radius 1 is 1.33 bits per heavy atom. The fourth-order valence-corrected chi connectivity index (χ4v) is 1.80. The van der Waals surface area contributed by atoms with Crippen LogP contribution in [0.15, 0.2) is 0 Å². The van der Waals surface area contributed by atoms with Gasteiger partial charge in [0.15, 0.2) is 0 Å². The van der Waals surface area contributed by atoms with E-state index in [-0.39, 0.29) is 5.60 Å². The van der Waals surface area contributed by atoms with Gasteiger partial charge in [0, 0.05) is 6.61 Å². The number of ether oxygens (including phenoxy) is 2. The summed E-state index contributed by atoms with van der Waals surface area (Å²) in [5.74, 6) is 0.748. The zero-order valence-corrected chi connectivity index (χ0v) is 10.6. The Morgan fingerprint density at radius 2 is 2.07 bits per heavy atom. The number of hydrogen-bond acceptors (Lipinski definition) is 2. The Labute approximate surface area is 94.3 Å². The lowest BCUT2D eigenvalue weighted by Crippen LogP contribution is -2.21. The molecule has 2 heteroatoms. The van der Waals surface area contributed by atoms with Crippen LogP contribution in [0.4, 0.5) is 0 Å². The van der Waals surface area contributed by atoms with Gasteiger partial charge < -0.3 is 9.47 Å². The highest BCUT2D eigenvalue weighted by Crippen LogP contribution is 2.31. The maximum Gasteiger partial charge on any atom is 0.115 e. The Kier molecular flexibility index (Phi) is 5.62. The lowest BCUT2D eigenvalue weighted by atomic mass is 10.0. The van der Waals surface area contributed by atoms with E-state index >= 15 is 0 Å². The molecule has 1 heterocycles. The number of hydrogen-bond donors (Lipinski definition) is 0. The van der Waals surface area contributed by atoms with E-state index in [9.17, 15) is 0 Å². The van der Waals surface area contributed by atoms with Gasteiger partial charge in [-0.15, -0.1) is 0 Å². The smallest absolute Gasteiger partial charge is 0.115 e. The first-order chi connectivity index (χ1) is 7.26. The highest BCUT2D eigenvalue weighted by Gasteiger charge is 2.43. The van der Waals surface area contributed by atoms with Crippen LogP contribution in [-0.4, -0.2) is 25.4 Å². The van der Waals surface area contributed by atoms with Crippen LogP contribution in [0.25, 0.3) is 0 Å². The predicted molar refractivity (Wildman–Crippen MR) is 63.1 cm³/mol. The second-order valence-electron chi connectivity index (χ2n) is 4.76. The van der Waals surface area contributed by atoms with Crippen molar-refractivity contribution in [3.63, 3.8) is 0 Å². The summed E-state index contributed by atoms with van der Waals surface area (Å²) in [5.41, 5.74) is 0.100. The normalized spacial score (nSPS) is 26.6. The monoisotopic (exact) mass is 214 g/mol. The van der Waals surface area contributed by atoms with Crippen LogP contribution in [0.3, 0.4) is 0 Å². The van der Waals surface area contributed by atoms with Crippen LogP contribution in [0.5, 0.6) is 0 Å². The summed E-state index contributed by atoms with van der Waals surface area (Å²) in [6.07, 6.45) is 6.25. The van der Waals surface area contributed by atoms with E-state index in [0.717, 1.165) is 32.2 Å². The molecule has 1 saturated heterocycles. The molecular weight excluding hydrogens is 188 g/mol. The minimum absolute atomic E-state index is 0.100. The average molecular weight is 214 g/mol. The summed E-state index contributed by atoms with van der Waals surface area (Å²) in [4.78, 5) is 0. The van der Waals surface area contributed by atoms with Crippen molar-refractivity contribution in [1.82, 2.24) is 0 Å². The molecule has 90 valence electrons. The highest BCUT2D eigenvalue weighted by molar-refractivity contribution is 4.90. The molecule has 0 radical (unpaired) electrons. The number of unbranched alkanes of at least 4 members (excludes halogenated alkanes) is 1. The molecular formula is C13H26O2. The molecule has 1 fully saturated rings. The summed E-state index contributed by atoms with van der Waals surface area (Å²) >= 11 is 0. The number of rotatable bonds is 9. The molecule has 0 aromatic rings. The van der Waals surface area contributed by atoms with Crippen LogP contribution in [0.2, 0.25) is 0 Å². The Morgan fingerprint density at radius 3 is 2.53 bits per heavy atom. The van der Waals surface area contributed by atoms with E-state index in [4.69, 9.17) is 9.47 Å². The molecule has 1 rings (SSSR count). The van der Waals surface area contributed by atoms with Crippen molar-refractivity contribution in [2.75, 3.05) is 19.8 Å². The van der Waals surface area contributed by atoms with Gasteiger partial charge in [0.1, 0.15) is 5.60 Å². The molecule has 1 aliphatic heterocycles. The summed E-state index contributed by atoms with van der Waals surface area (Å²) in [5, 5.41) is 0. The Hall–Kier alpha value is -0.0800. The molecule has 0 aliphatic carbocycles. The summed E-state index contributed by atoms with van der Waals surface area (Å²) in [7, 11) is 0. The molecule has 1 aliphatic rings. The van der Waals surface area contributed by atoms with E-state index < -0.39 is 0 Å². The third-order valence-corrected chi connectivity index (χ3v) is 3.46. The topological polar surface area (TPSA) is 21.8 Å². The van der Waals surface area contributed by atoms with Crippen molar-refractivity contribution < 1.29 is 9.47 Å². The highest BCUT2D eigenvalue weighted by atomic mass is 16.6. The lowest BCUT2D eigenvalue weighted by molar-refractivity contribution is 0.0505. The van der Waals surface area contributed by atoms with Gasteiger partial charge >= 0.3 is 0 Å². The Balaban J connectivity index is 2.06. The van der Waals surface area contributed by atoms with Crippen molar-refractivity contribution in [3.8, 4) is 0 Å². The molecule has 0 saturated carbocycles. The van der Waals surface area contributed by atoms with E-state index in [1.807, 2.05) is 0 Å². The number of epoxide rings is 1. The first-order valence-electron chi connectivity index (χ1n) is 6.48. The zero-order valence-electron chi connectivity index (χ0n) is 10.6. The molecule has 0 bridgehead atoms. The largest absolute Gasteiger partial charge is 0.378 e. The van der Waals surface area contributed by atoms with E-state index in [0.29, 0.717) is 0 Å². The van der Waals surface area contributed by atoms with Gasteiger partial charge in [-0.2, -0.15) is 0 Å². The molecule has 0 spiro atoms. The molecule has 0 aromatic carbocycles. The van der Waals surface area contributed by atoms with Crippen LogP contribution >= 0.6 is 0 Å². The molecule has 2 atom stereocenters. The first-order valence-corrected chi connectivity index (χ1v) is 6.48. The van der Waals surface area contributed by atoms with Gasteiger partial charge in [-0.25, -0.2) is 0 Å². The van der Waals surface area contributed by atoms with Crippen LogP contribution in [-0.2, 0) is 9.47 Å². The minimum Gasteiger partial charge on any atom is -0.378 e. The van der Waals surface area contributed by atoms with Crippen molar-refractivity contribution in [2.45, 2.75) is 58.5 Å². The molecule has 0 N–H and O–H groups in total. The minimum atomic E-state index is 0.100. The molecule has 0 amide bonds. The lowest BCUT2D eigenvalue weighted by Gasteiger charge is -2.16. The first kappa shape index (κ1) is 13.0. The summed E-state index contributed by atoms with van der Waals surface area (Å²) in [6, 6.07) is 0. The maximum atomic E-state index is 5.78. The van der Waals surface area contributed by atoms with Crippen LogP contribution in [0.1, 0.15) is 52.9 Å². The SMILES string of the molecule is CCCCC(CC)COCC1(CC)CO1. The van der Waals surface area contributed by atoms with E-state index in [1.165, 1.54) is 25.7 Å². The van der Waals surface area contributed by atoms with Crippen LogP contribution in [0, 0.1) is 5.92 Å². The third-order valence-electron chi connectivity index (χ3n) is 3.46.